The first-order chi connectivity index (χ1) is 16.0. The van der Waals surface area contributed by atoms with Crippen LogP contribution in [-0.2, 0) is 41.3 Å². The van der Waals surface area contributed by atoms with Crippen molar-refractivity contribution in [3.05, 3.63) is 79.6 Å². The Bertz CT molecular complexity index is 1150. The van der Waals surface area contributed by atoms with E-state index < -0.39 is 50.0 Å². The topological polar surface area (TPSA) is 132 Å². The van der Waals surface area contributed by atoms with Gasteiger partial charge < -0.3 is 29.1 Å². The second-order valence-corrected chi connectivity index (χ2v) is 9.81. The number of hydrogen-bond donors (Lipinski definition) is 3. The van der Waals surface area contributed by atoms with E-state index in [0.717, 1.165) is 0 Å². The van der Waals surface area contributed by atoms with Gasteiger partial charge in [-0.1, -0.05) is 12.1 Å². The third-order valence-corrected chi connectivity index (χ3v) is 6.20. The summed E-state index contributed by atoms with van der Waals surface area (Å²) in [5, 5.41) is 9.59. The Kier molecular flexibility index (Phi) is 8.85. The van der Waals surface area contributed by atoms with Crippen molar-refractivity contribution < 1.29 is 51.8 Å². The Morgan fingerprint density at radius 3 is 2.00 bits per heavy atom. The number of halogens is 4. The maximum absolute atomic E-state index is 13.5. The van der Waals surface area contributed by atoms with E-state index in [4.69, 9.17) is 24.0 Å². The summed E-state index contributed by atoms with van der Waals surface area (Å²) in [6, 6.07) is 8.06. The fourth-order valence-electron chi connectivity index (χ4n) is 2.91. The van der Waals surface area contributed by atoms with Crippen molar-refractivity contribution in [3.8, 4) is 0 Å². The maximum atomic E-state index is 13.5. The molecule has 0 bridgehead atoms. The fraction of sp³-hybridized carbons (Fsp3) is 0.250. The standard InChI is InChI=1S/C20H17Br2F2O9P/c21-12-5-10(1-3-14(12)23)8-30-18-17(16(7-25)33-34(27,28)29)32-20(26)19(18)31-9-11-2-4-15(24)13(22)6-11/h1-6,16-17,25H,7-9H2,(H2,27,28,29)/t16-,17+/m0/s1. The van der Waals surface area contributed by atoms with Crippen LogP contribution < -0.4 is 0 Å². The van der Waals surface area contributed by atoms with Gasteiger partial charge in [0.1, 0.15) is 31.0 Å². The number of ether oxygens (including phenoxy) is 3. The van der Waals surface area contributed by atoms with E-state index in [2.05, 4.69) is 36.4 Å². The molecule has 184 valence electrons. The average molecular weight is 630 g/mol. The minimum Gasteiger partial charge on any atom is -0.485 e. The molecule has 0 spiro atoms. The Morgan fingerprint density at radius 2 is 1.53 bits per heavy atom. The van der Waals surface area contributed by atoms with Gasteiger partial charge in [-0.3, -0.25) is 4.52 Å². The summed E-state index contributed by atoms with van der Waals surface area (Å²) in [6.45, 7) is -1.37. The van der Waals surface area contributed by atoms with Crippen molar-refractivity contribution in [2.75, 3.05) is 6.61 Å². The van der Waals surface area contributed by atoms with E-state index >= 15 is 0 Å². The van der Waals surface area contributed by atoms with Gasteiger partial charge in [0, 0.05) is 0 Å². The van der Waals surface area contributed by atoms with E-state index in [0.29, 0.717) is 11.1 Å². The third-order valence-electron chi connectivity index (χ3n) is 4.44. The number of aliphatic hydroxyl groups is 1. The van der Waals surface area contributed by atoms with Crippen molar-refractivity contribution in [2.45, 2.75) is 25.4 Å². The van der Waals surface area contributed by atoms with Crippen LogP contribution >= 0.6 is 39.7 Å². The van der Waals surface area contributed by atoms with Gasteiger partial charge in [0.25, 0.3) is 0 Å². The highest BCUT2D eigenvalue weighted by molar-refractivity contribution is 9.10. The van der Waals surface area contributed by atoms with Crippen LogP contribution in [0.3, 0.4) is 0 Å². The molecule has 2 aromatic rings. The van der Waals surface area contributed by atoms with Gasteiger partial charge in [-0.25, -0.2) is 18.1 Å². The number of carbonyl (C=O) groups excluding carboxylic acids is 1. The first kappa shape index (κ1) is 26.7. The number of rotatable bonds is 10. The molecule has 0 fully saturated rings. The highest BCUT2D eigenvalue weighted by atomic mass is 79.9. The second-order valence-electron chi connectivity index (χ2n) is 6.91. The largest absolute Gasteiger partial charge is 0.485 e. The molecule has 1 aliphatic rings. The van der Waals surface area contributed by atoms with Crippen molar-refractivity contribution >= 4 is 45.7 Å². The van der Waals surface area contributed by atoms with Crippen LogP contribution in [0.4, 0.5) is 8.78 Å². The SMILES string of the molecule is O=C1O[C@H]([C@H](CO)OP(=O)(O)O)C(OCc2ccc(F)c(Br)c2)=C1OCc1ccc(F)c(Br)c1. The van der Waals surface area contributed by atoms with Crippen molar-refractivity contribution in [1.29, 1.82) is 0 Å². The summed E-state index contributed by atoms with van der Waals surface area (Å²) in [5.74, 6) is -2.77. The van der Waals surface area contributed by atoms with Crippen LogP contribution in [0.5, 0.6) is 0 Å². The number of phosphoric acid groups is 1. The normalized spacial score (nSPS) is 17.0. The molecule has 0 unspecified atom stereocenters. The van der Waals surface area contributed by atoms with Gasteiger partial charge in [-0.2, -0.15) is 0 Å². The summed E-state index contributed by atoms with van der Waals surface area (Å²) in [5.41, 5.74) is 0.946. The summed E-state index contributed by atoms with van der Waals surface area (Å²) >= 11 is 6.09. The van der Waals surface area contributed by atoms with Crippen molar-refractivity contribution in [3.63, 3.8) is 0 Å². The highest BCUT2D eigenvalue weighted by Gasteiger charge is 2.45. The molecule has 0 saturated heterocycles. The van der Waals surface area contributed by atoms with Gasteiger partial charge in [0.05, 0.1) is 15.6 Å². The van der Waals surface area contributed by atoms with E-state index in [1.807, 2.05) is 0 Å². The Morgan fingerprint density at radius 1 is 1.00 bits per heavy atom. The summed E-state index contributed by atoms with van der Waals surface area (Å²) in [4.78, 5) is 30.8. The van der Waals surface area contributed by atoms with Crippen LogP contribution in [0, 0.1) is 11.6 Å². The Hall–Kier alpha value is -1.86. The summed E-state index contributed by atoms with van der Waals surface area (Å²) < 4.78 is 59.5. The molecule has 14 heteroatoms. The number of carbonyl (C=O) groups is 1. The first-order valence-electron chi connectivity index (χ1n) is 9.42. The zero-order valence-electron chi connectivity index (χ0n) is 17.0. The second kappa shape index (κ2) is 11.3. The number of phosphoric ester groups is 1. The van der Waals surface area contributed by atoms with Crippen molar-refractivity contribution in [2.24, 2.45) is 0 Å². The summed E-state index contributed by atoms with van der Waals surface area (Å²) in [7, 11) is -5.08. The minimum atomic E-state index is -5.08. The average Bonchev–Trinajstić information content (AvgIpc) is 3.08. The maximum Gasteiger partial charge on any atom is 0.470 e. The predicted octanol–water partition coefficient (Wildman–Crippen LogP) is 3.83. The molecule has 0 saturated carbocycles. The predicted molar refractivity (Wildman–Crippen MR) is 119 cm³/mol. The molecule has 2 atom stereocenters. The molecule has 3 rings (SSSR count). The zero-order valence-corrected chi connectivity index (χ0v) is 21.1. The molecule has 9 nitrogen and oxygen atoms in total. The van der Waals surface area contributed by atoms with Crippen LogP contribution in [-0.4, -0.2) is 39.7 Å². The molecule has 2 aromatic carbocycles. The quantitative estimate of drug-likeness (QED) is 0.265. The van der Waals surface area contributed by atoms with Crippen molar-refractivity contribution in [1.82, 2.24) is 0 Å². The smallest absolute Gasteiger partial charge is 0.470 e. The molecule has 3 N–H and O–H groups in total. The number of cyclic esters (lactones) is 1. The number of aliphatic hydroxyl groups excluding tert-OH is 1. The molecule has 0 aliphatic carbocycles. The molecule has 0 radical (unpaired) electrons. The molecule has 1 aliphatic heterocycles. The molecule has 34 heavy (non-hydrogen) atoms. The highest BCUT2D eigenvalue weighted by Crippen LogP contribution is 2.41. The fourth-order valence-corrected chi connectivity index (χ4v) is 4.29. The lowest BCUT2D eigenvalue weighted by Crippen LogP contribution is -2.34. The van der Waals surface area contributed by atoms with Gasteiger partial charge in [0.15, 0.2) is 11.9 Å². The molecular weight excluding hydrogens is 613 g/mol. The lowest BCUT2D eigenvalue weighted by molar-refractivity contribution is -0.148. The van der Waals surface area contributed by atoms with Gasteiger partial charge >= 0.3 is 13.8 Å². The first-order valence-corrected chi connectivity index (χ1v) is 12.5. The van der Waals surface area contributed by atoms with E-state index in [1.54, 1.807) is 0 Å². The number of benzene rings is 2. The Labute approximate surface area is 208 Å². The van der Waals surface area contributed by atoms with E-state index in [9.17, 15) is 23.2 Å². The van der Waals surface area contributed by atoms with Crippen LogP contribution in [0.1, 0.15) is 11.1 Å². The van der Waals surface area contributed by atoms with Crippen LogP contribution in [0.2, 0.25) is 0 Å². The van der Waals surface area contributed by atoms with Gasteiger partial charge in [-0.05, 0) is 67.3 Å². The monoisotopic (exact) mass is 628 g/mol. The minimum absolute atomic E-state index is 0.161. The van der Waals surface area contributed by atoms with Gasteiger partial charge in [0.2, 0.25) is 5.76 Å². The molecule has 0 aromatic heterocycles. The zero-order chi connectivity index (χ0) is 25.0. The lowest BCUT2D eigenvalue weighted by atomic mass is 10.1. The molecule has 1 heterocycles. The Balaban J connectivity index is 1.89. The third kappa shape index (κ3) is 6.85. The van der Waals surface area contributed by atoms with Crippen LogP contribution in [0.25, 0.3) is 0 Å². The van der Waals surface area contributed by atoms with E-state index in [1.165, 1.54) is 36.4 Å². The number of esters is 1. The van der Waals surface area contributed by atoms with Crippen LogP contribution in [0.15, 0.2) is 56.9 Å². The molecular formula is C20H17Br2F2O9P. The number of hydrogen-bond acceptors (Lipinski definition) is 7. The summed E-state index contributed by atoms with van der Waals surface area (Å²) in [6.07, 6.45) is -3.23. The van der Waals surface area contributed by atoms with E-state index in [-0.39, 0.29) is 27.9 Å². The lowest BCUT2D eigenvalue weighted by Gasteiger charge is -2.23. The van der Waals surface area contributed by atoms with Gasteiger partial charge in [-0.15, -0.1) is 0 Å². The molecule has 0 amide bonds.